The number of hydrogen-bond acceptors (Lipinski definition) is 8. The van der Waals surface area contributed by atoms with E-state index in [4.69, 9.17) is 19.9 Å². The van der Waals surface area contributed by atoms with Crippen molar-refractivity contribution < 1.29 is 14.3 Å². The van der Waals surface area contributed by atoms with Crippen LogP contribution in [0.4, 0.5) is 10.5 Å². The van der Waals surface area contributed by atoms with Crippen LogP contribution in [0.3, 0.4) is 0 Å². The summed E-state index contributed by atoms with van der Waals surface area (Å²) in [4.78, 5) is 19.7. The number of imidazole rings is 1. The van der Waals surface area contributed by atoms with Crippen LogP contribution in [0, 0.1) is 18.3 Å². The number of nitrogens with zero attached hydrogens (tertiary/aromatic N) is 5. The fraction of sp³-hybridized carbons (Fsp3) is 0.514. The minimum absolute atomic E-state index is 0.0438. The van der Waals surface area contributed by atoms with E-state index in [0.717, 1.165) is 90.2 Å². The molecule has 1 saturated carbocycles. The van der Waals surface area contributed by atoms with E-state index in [-0.39, 0.29) is 18.4 Å². The number of carbonyl (C=O) groups is 1. The summed E-state index contributed by atoms with van der Waals surface area (Å²) in [6.07, 6.45) is 14.6. The third-order valence-electron chi connectivity index (χ3n) is 8.61. The number of nitrogens with one attached hydrogen (secondary N) is 2. The third kappa shape index (κ3) is 7.61. The van der Waals surface area contributed by atoms with Gasteiger partial charge in [0.1, 0.15) is 17.5 Å². The molecule has 1 amide bonds. The van der Waals surface area contributed by atoms with E-state index < -0.39 is 5.60 Å². The van der Waals surface area contributed by atoms with E-state index in [0.29, 0.717) is 18.9 Å². The van der Waals surface area contributed by atoms with Crippen LogP contribution in [0.15, 0.2) is 53.0 Å². The summed E-state index contributed by atoms with van der Waals surface area (Å²) >= 11 is 0. The number of aromatic nitrogens is 2. The Morgan fingerprint density at radius 3 is 2.73 bits per heavy atom. The summed E-state index contributed by atoms with van der Waals surface area (Å²) in [5.41, 5.74) is 6.69. The molecular formula is C35H45N7O3. The van der Waals surface area contributed by atoms with Crippen molar-refractivity contribution in [3.05, 3.63) is 70.7 Å². The molecule has 2 atom stereocenters. The van der Waals surface area contributed by atoms with Gasteiger partial charge in [0.25, 0.3) is 0 Å². The topological polar surface area (TPSA) is 117 Å². The average molecular weight is 612 g/mol. The smallest absolute Gasteiger partial charge is 0.410 e. The van der Waals surface area contributed by atoms with E-state index in [2.05, 4.69) is 46.9 Å². The molecule has 2 aliphatic heterocycles. The van der Waals surface area contributed by atoms with Crippen molar-refractivity contribution in [1.29, 1.82) is 5.41 Å². The molecule has 0 spiro atoms. The van der Waals surface area contributed by atoms with Gasteiger partial charge in [-0.25, -0.2) is 9.78 Å². The summed E-state index contributed by atoms with van der Waals surface area (Å²) in [6, 6.07) is 8.03. The van der Waals surface area contributed by atoms with Crippen molar-refractivity contribution in [3.63, 3.8) is 0 Å². The maximum atomic E-state index is 13.0. The molecule has 1 aromatic carbocycles. The highest BCUT2D eigenvalue weighted by Crippen LogP contribution is 2.33. The summed E-state index contributed by atoms with van der Waals surface area (Å²) in [6.45, 7) is 9.74. The third-order valence-corrected chi connectivity index (χ3v) is 8.61. The van der Waals surface area contributed by atoms with Gasteiger partial charge in [0.05, 0.1) is 24.0 Å². The molecule has 238 valence electrons. The minimum Gasteiger partial charge on any atom is -0.444 e. The zero-order chi connectivity index (χ0) is 31.6. The Hall–Kier alpha value is -4.05. The molecule has 10 nitrogen and oxygen atoms in total. The Kier molecular flexibility index (Phi) is 9.03. The zero-order valence-corrected chi connectivity index (χ0v) is 26.9. The molecule has 2 fully saturated rings. The molecule has 3 aromatic rings. The number of rotatable bonds is 10. The molecule has 4 heterocycles. The number of ether oxygens (including phenoxy) is 2. The SMILES string of the molecule is Cc1cc(NC2CCCCO2)c(C=N)c(C2=CC(Cc3cn4cc(CN(CC5CCC5)C(=O)OC(C)(C)C)ccc4n3)N=N2)c1. The number of fused-ring (bicyclic) bond motifs is 1. The van der Waals surface area contributed by atoms with Crippen LogP contribution in [-0.4, -0.2) is 57.6 Å². The molecule has 0 bridgehead atoms. The highest BCUT2D eigenvalue weighted by atomic mass is 16.6. The summed E-state index contributed by atoms with van der Waals surface area (Å²) in [5.74, 6) is 0.545. The molecule has 2 aromatic heterocycles. The van der Waals surface area contributed by atoms with Gasteiger partial charge in [0, 0.05) is 55.0 Å². The van der Waals surface area contributed by atoms with Crippen LogP contribution in [0.25, 0.3) is 11.3 Å². The lowest BCUT2D eigenvalue weighted by atomic mass is 9.85. The first kappa shape index (κ1) is 31.0. The first-order chi connectivity index (χ1) is 21.6. The van der Waals surface area contributed by atoms with Crippen LogP contribution < -0.4 is 5.32 Å². The van der Waals surface area contributed by atoms with Crippen LogP contribution in [0.5, 0.6) is 0 Å². The van der Waals surface area contributed by atoms with Crippen molar-refractivity contribution in [2.45, 2.75) is 97.1 Å². The monoisotopic (exact) mass is 611 g/mol. The van der Waals surface area contributed by atoms with Crippen molar-refractivity contribution in [2.75, 3.05) is 18.5 Å². The first-order valence-electron chi connectivity index (χ1n) is 16.2. The number of benzene rings is 1. The largest absolute Gasteiger partial charge is 0.444 e. The molecule has 45 heavy (non-hydrogen) atoms. The fourth-order valence-electron chi connectivity index (χ4n) is 6.18. The Balaban J connectivity index is 1.16. The lowest BCUT2D eigenvalue weighted by Gasteiger charge is -2.33. The second kappa shape index (κ2) is 13.1. The molecule has 3 aliphatic rings. The lowest BCUT2D eigenvalue weighted by molar-refractivity contribution is 0.0173. The normalized spacial score (nSPS) is 20.1. The van der Waals surface area contributed by atoms with Gasteiger partial charge >= 0.3 is 6.09 Å². The van der Waals surface area contributed by atoms with Crippen LogP contribution in [0.1, 0.15) is 87.2 Å². The first-order valence-corrected chi connectivity index (χ1v) is 16.2. The fourth-order valence-corrected chi connectivity index (χ4v) is 6.18. The highest BCUT2D eigenvalue weighted by molar-refractivity contribution is 5.94. The number of anilines is 1. The van der Waals surface area contributed by atoms with Gasteiger partial charge < -0.3 is 29.5 Å². The average Bonchev–Trinajstić information content (AvgIpc) is 3.60. The number of hydrogen-bond donors (Lipinski definition) is 2. The lowest BCUT2D eigenvalue weighted by Crippen LogP contribution is -2.40. The maximum absolute atomic E-state index is 13.0. The second-order valence-corrected chi connectivity index (χ2v) is 13.6. The number of carbonyl (C=O) groups excluding carboxylic acids is 1. The Labute approximate surface area is 265 Å². The van der Waals surface area contributed by atoms with Crippen molar-refractivity contribution in [2.24, 2.45) is 16.1 Å². The van der Waals surface area contributed by atoms with Crippen LogP contribution in [0.2, 0.25) is 0 Å². The molecule has 6 rings (SSSR count). The number of amides is 1. The van der Waals surface area contributed by atoms with Gasteiger partial charge in [0.2, 0.25) is 0 Å². The Morgan fingerprint density at radius 1 is 1.18 bits per heavy atom. The molecular weight excluding hydrogens is 566 g/mol. The van der Waals surface area contributed by atoms with Gasteiger partial charge in [-0.2, -0.15) is 10.2 Å². The molecule has 2 N–H and O–H groups in total. The predicted molar refractivity (Wildman–Crippen MR) is 176 cm³/mol. The minimum atomic E-state index is -0.534. The van der Waals surface area contributed by atoms with Crippen LogP contribution >= 0.6 is 0 Å². The van der Waals surface area contributed by atoms with Crippen molar-refractivity contribution in [3.8, 4) is 0 Å². The number of pyridine rings is 1. The highest BCUT2D eigenvalue weighted by Gasteiger charge is 2.28. The Morgan fingerprint density at radius 2 is 2.02 bits per heavy atom. The zero-order valence-electron chi connectivity index (χ0n) is 26.9. The van der Waals surface area contributed by atoms with Gasteiger partial charge in [0.15, 0.2) is 0 Å². The van der Waals surface area contributed by atoms with Gasteiger partial charge in [-0.3, -0.25) is 0 Å². The number of aryl methyl sites for hydroxylation is 1. The van der Waals surface area contributed by atoms with Gasteiger partial charge in [-0.1, -0.05) is 12.5 Å². The maximum Gasteiger partial charge on any atom is 0.410 e. The number of azo groups is 1. The quantitative estimate of drug-likeness (QED) is 0.230. The van der Waals surface area contributed by atoms with E-state index in [1.165, 1.54) is 12.6 Å². The molecule has 2 unspecified atom stereocenters. The van der Waals surface area contributed by atoms with E-state index >= 15 is 0 Å². The summed E-state index contributed by atoms with van der Waals surface area (Å²) in [7, 11) is 0. The van der Waals surface area contributed by atoms with Crippen molar-refractivity contribution >= 4 is 29.3 Å². The predicted octanol–water partition coefficient (Wildman–Crippen LogP) is 7.53. The standard InChI is InChI=1S/C35H45N7O3/c1-23-14-28(29(18-36)30(15-23)38-33-10-5-6-13-44-33)31-17-26(39-40-31)16-27-22-41-20-25(11-12-32(41)37-27)21-42(19-24-8-7-9-24)34(43)45-35(2,3)4/h11-12,14-15,17-18,20,22,24,26,33,36,38H,5-10,13,16,19,21H2,1-4H3. The van der Waals surface area contributed by atoms with Crippen molar-refractivity contribution in [1.82, 2.24) is 14.3 Å². The molecule has 1 saturated heterocycles. The van der Waals surface area contributed by atoms with E-state index in [9.17, 15) is 4.79 Å². The summed E-state index contributed by atoms with van der Waals surface area (Å²) < 4.78 is 13.7. The Bertz CT molecular complexity index is 1610. The van der Waals surface area contributed by atoms with Gasteiger partial charge in [-0.15, -0.1) is 0 Å². The second-order valence-electron chi connectivity index (χ2n) is 13.6. The molecule has 0 radical (unpaired) electrons. The molecule has 10 heteroatoms. The summed E-state index contributed by atoms with van der Waals surface area (Å²) in [5, 5.41) is 20.8. The van der Waals surface area contributed by atoms with E-state index in [1.807, 2.05) is 48.4 Å². The van der Waals surface area contributed by atoms with E-state index in [1.54, 1.807) is 0 Å². The van der Waals surface area contributed by atoms with Crippen LogP contribution in [-0.2, 0) is 22.4 Å². The van der Waals surface area contributed by atoms with Gasteiger partial charge in [-0.05, 0) is 101 Å². The molecule has 1 aliphatic carbocycles.